The number of ether oxygens (including phenoxy) is 1. The van der Waals surface area contributed by atoms with Crippen molar-refractivity contribution in [3.63, 3.8) is 0 Å². The van der Waals surface area contributed by atoms with Crippen molar-refractivity contribution >= 4 is 33.0 Å². The Hall–Kier alpha value is -3.46. The predicted octanol–water partition coefficient (Wildman–Crippen LogP) is 2.65. The van der Waals surface area contributed by atoms with Crippen LogP contribution in [0, 0.1) is 0 Å². The third kappa shape index (κ3) is 2.85. The largest absolute Gasteiger partial charge is 0.495 e. The van der Waals surface area contributed by atoms with E-state index in [1.165, 1.54) is 11.7 Å². The monoisotopic (exact) mass is 439 g/mol. The number of nitrogens with zero attached hydrogens (tertiary/aromatic N) is 3. The van der Waals surface area contributed by atoms with Crippen molar-refractivity contribution in [2.45, 2.75) is 0 Å². The van der Waals surface area contributed by atoms with E-state index < -0.39 is 11.6 Å². The summed E-state index contributed by atoms with van der Waals surface area (Å²) in [5.74, 6) is -0.0299. The first-order valence-electron chi connectivity index (χ1n) is 8.22. The average molecular weight is 440 g/mol. The van der Waals surface area contributed by atoms with Gasteiger partial charge in [-0.05, 0) is 18.2 Å². The van der Waals surface area contributed by atoms with E-state index in [2.05, 4.69) is 30.9 Å². The lowest BCUT2D eigenvalue weighted by Gasteiger charge is -2.10. The molecule has 8 nitrogen and oxygen atoms in total. The number of rotatable bonds is 4. The molecule has 0 unspecified atom stereocenters. The van der Waals surface area contributed by atoms with Crippen molar-refractivity contribution in [2.75, 3.05) is 7.11 Å². The second-order valence-corrected chi connectivity index (χ2v) is 6.73. The molecule has 0 saturated heterocycles. The van der Waals surface area contributed by atoms with Gasteiger partial charge in [0.25, 0.3) is 5.91 Å². The molecule has 0 atom stereocenters. The van der Waals surface area contributed by atoms with Crippen LogP contribution in [0.4, 0.5) is 0 Å². The molecular formula is C19H14BrN5O3. The van der Waals surface area contributed by atoms with Crippen molar-refractivity contribution in [1.29, 1.82) is 0 Å². The predicted molar refractivity (Wildman–Crippen MR) is 108 cm³/mol. The van der Waals surface area contributed by atoms with Crippen LogP contribution < -0.4 is 16.2 Å². The van der Waals surface area contributed by atoms with E-state index in [9.17, 15) is 9.59 Å². The summed E-state index contributed by atoms with van der Waals surface area (Å²) in [7, 11) is 1.51. The van der Waals surface area contributed by atoms with Crippen LogP contribution >= 0.6 is 15.9 Å². The van der Waals surface area contributed by atoms with Crippen molar-refractivity contribution in [3.05, 3.63) is 69.2 Å². The quantitative estimate of drug-likeness (QED) is 0.506. The van der Waals surface area contributed by atoms with E-state index in [0.29, 0.717) is 17.0 Å². The molecule has 0 radical (unpaired) electrons. The molecular weight excluding hydrogens is 426 g/mol. The zero-order chi connectivity index (χ0) is 19.8. The zero-order valence-electron chi connectivity index (χ0n) is 14.6. The fourth-order valence-corrected chi connectivity index (χ4v) is 3.43. The summed E-state index contributed by atoms with van der Waals surface area (Å²) in [6.07, 6.45) is 0. The molecule has 28 heavy (non-hydrogen) atoms. The first-order chi connectivity index (χ1) is 13.5. The zero-order valence-corrected chi connectivity index (χ0v) is 16.2. The standard InChI is InChI=1S/C19H14BrN5O3/c1-28-13-9-5-4-8-12(13)25-18-15(23-19(25)27)14(16(21)26)22-17(24-18)10-6-2-3-7-11(10)20/h2-9H,1H3,(H2,21,26)(H,23,27). The molecule has 0 spiro atoms. The Morgan fingerprint density at radius 3 is 2.57 bits per heavy atom. The fraction of sp³-hybridized carbons (Fsp3) is 0.0526. The Labute approximate surface area is 167 Å². The highest BCUT2D eigenvalue weighted by molar-refractivity contribution is 9.10. The van der Waals surface area contributed by atoms with Gasteiger partial charge < -0.3 is 15.5 Å². The number of hydrogen-bond acceptors (Lipinski definition) is 5. The molecule has 2 aromatic heterocycles. The first kappa shape index (κ1) is 17.9. The van der Waals surface area contributed by atoms with Crippen LogP contribution in [-0.4, -0.2) is 32.5 Å². The van der Waals surface area contributed by atoms with E-state index in [1.54, 1.807) is 30.3 Å². The molecule has 0 fully saturated rings. The topological polar surface area (TPSA) is 116 Å². The van der Waals surface area contributed by atoms with Crippen molar-refractivity contribution in [2.24, 2.45) is 5.73 Å². The average Bonchev–Trinajstić information content (AvgIpc) is 3.02. The second-order valence-electron chi connectivity index (χ2n) is 5.88. The maximum Gasteiger partial charge on any atom is 0.332 e. The molecule has 0 saturated carbocycles. The lowest BCUT2D eigenvalue weighted by molar-refractivity contribution is 0.0997. The number of nitrogens with two attached hydrogens (primary N) is 1. The maximum absolute atomic E-state index is 12.7. The number of nitrogens with one attached hydrogen (secondary N) is 1. The summed E-state index contributed by atoms with van der Waals surface area (Å²) >= 11 is 3.46. The summed E-state index contributed by atoms with van der Waals surface area (Å²) in [5, 5.41) is 0. The molecule has 0 aliphatic carbocycles. The van der Waals surface area contributed by atoms with Gasteiger partial charge in [0.2, 0.25) is 0 Å². The SMILES string of the molecule is COc1ccccc1-n1c(=O)[nH]c2c(C(N)=O)nc(-c3ccccc3Br)nc21. The van der Waals surface area contributed by atoms with Crippen LogP contribution in [0.15, 0.2) is 57.8 Å². The number of carbonyl (C=O) groups is 1. The van der Waals surface area contributed by atoms with Gasteiger partial charge in [-0.3, -0.25) is 4.79 Å². The van der Waals surface area contributed by atoms with Crippen LogP contribution in [-0.2, 0) is 0 Å². The molecule has 0 aliphatic heterocycles. The van der Waals surface area contributed by atoms with Crippen LogP contribution in [0.2, 0.25) is 0 Å². The van der Waals surface area contributed by atoms with Crippen molar-refractivity contribution in [3.8, 4) is 22.8 Å². The normalized spacial score (nSPS) is 10.9. The lowest BCUT2D eigenvalue weighted by atomic mass is 10.2. The molecule has 3 N–H and O–H groups in total. The summed E-state index contributed by atoms with van der Waals surface area (Å²) in [5.41, 5.74) is 6.50. The second kappa shape index (κ2) is 6.93. The third-order valence-corrected chi connectivity index (χ3v) is 4.90. The minimum Gasteiger partial charge on any atom is -0.495 e. The van der Waals surface area contributed by atoms with E-state index in [0.717, 1.165) is 4.47 Å². The van der Waals surface area contributed by atoms with Gasteiger partial charge in [-0.15, -0.1) is 0 Å². The Kier molecular flexibility index (Phi) is 4.44. The summed E-state index contributed by atoms with van der Waals surface area (Å²) in [6.45, 7) is 0. The van der Waals surface area contributed by atoms with Crippen LogP contribution in [0.5, 0.6) is 5.75 Å². The fourth-order valence-electron chi connectivity index (χ4n) is 2.96. The third-order valence-electron chi connectivity index (χ3n) is 4.21. The van der Waals surface area contributed by atoms with Crippen molar-refractivity contribution in [1.82, 2.24) is 19.5 Å². The van der Waals surface area contributed by atoms with Gasteiger partial charge >= 0.3 is 5.69 Å². The minimum absolute atomic E-state index is 0.0681. The Bertz CT molecular complexity index is 1280. The van der Waals surface area contributed by atoms with E-state index in [1.807, 2.05) is 18.2 Å². The number of para-hydroxylation sites is 2. The molecule has 1 amide bonds. The van der Waals surface area contributed by atoms with Gasteiger partial charge in [-0.1, -0.05) is 46.3 Å². The number of carbonyl (C=O) groups excluding carboxylic acids is 1. The number of aromatic amines is 1. The van der Waals surface area contributed by atoms with Gasteiger partial charge in [0, 0.05) is 10.0 Å². The number of primary amides is 1. The number of aromatic nitrogens is 4. The molecule has 140 valence electrons. The number of hydrogen-bond donors (Lipinski definition) is 2. The van der Waals surface area contributed by atoms with E-state index in [-0.39, 0.29) is 22.7 Å². The molecule has 2 aromatic carbocycles. The number of halogens is 1. The smallest absolute Gasteiger partial charge is 0.332 e. The number of benzene rings is 2. The molecule has 0 aliphatic rings. The van der Waals surface area contributed by atoms with Gasteiger partial charge in [-0.2, -0.15) is 0 Å². The summed E-state index contributed by atoms with van der Waals surface area (Å²) in [6, 6.07) is 14.3. The maximum atomic E-state index is 12.7. The number of imidazole rings is 1. The summed E-state index contributed by atoms with van der Waals surface area (Å²) in [4.78, 5) is 36.2. The van der Waals surface area contributed by atoms with Crippen molar-refractivity contribution < 1.29 is 9.53 Å². The highest BCUT2D eigenvalue weighted by Gasteiger charge is 2.22. The van der Waals surface area contributed by atoms with Gasteiger partial charge in [0.15, 0.2) is 17.2 Å². The Balaban J connectivity index is 2.11. The number of methoxy groups -OCH3 is 1. The van der Waals surface area contributed by atoms with Crippen LogP contribution in [0.25, 0.3) is 28.2 Å². The lowest BCUT2D eigenvalue weighted by Crippen LogP contribution is -2.16. The molecule has 9 heteroatoms. The highest BCUT2D eigenvalue weighted by Crippen LogP contribution is 2.29. The number of amides is 1. The van der Waals surface area contributed by atoms with Gasteiger partial charge in [0.05, 0.1) is 12.8 Å². The minimum atomic E-state index is -0.769. The Morgan fingerprint density at radius 1 is 1.14 bits per heavy atom. The van der Waals surface area contributed by atoms with Gasteiger partial charge in [-0.25, -0.2) is 19.3 Å². The van der Waals surface area contributed by atoms with E-state index in [4.69, 9.17) is 10.5 Å². The summed E-state index contributed by atoms with van der Waals surface area (Å²) < 4.78 is 7.45. The molecule has 4 aromatic rings. The number of H-pyrrole nitrogens is 1. The highest BCUT2D eigenvalue weighted by atomic mass is 79.9. The van der Waals surface area contributed by atoms with E-state index >= 15 is 0 Å². The van der Waals surface area contributed by atoms with Crippen LogP contribution in [0.1, 0.15) is 10.5 Å². The number of fused-ring (bicyclic) bond motifs is 1. The molecule has 4 rings (SSSR count). The van der Waals surface area contributed by atoms with Gasteiger partial charge in [0.1, 0.15) is 11.3 Å². The molecule has 0 bridgehead atoms. The molecule has 2 heterocycles. The Morgan fingerprint density at radius 2 is 1.86 bits per heavy atom. The first-order valence-corrected chi connectivity index (χ1v) is 9.01. The van der Waals surface area contributed by atoms with Crippen LogP contribution in [0.3, 0.4) is 0 Å².